The molecule has 0 saturated carbocycles. The minimum absolute atomic E-state index is 0.154. The number of Topliss-reactive ketones (excluding diaryl/α,β-unsaturated/α-hetero) is 1. The molecule has 1 aromatic carbocycles. The number of rotatable bonds is 5. The minimum atomic E-state index is -0.448. The lowest BCUT2D eigenvalue weighted by Crippen LogP contribution is -2.26. The van der Waals surface area contributed by atoms with Crippen molar-refractivity contribution < 1.29 is 14.3 Å². The van der Waals surface area contributed by atoms with Crippen LogP contribution in [0.3, 0.4) is 0 Å². The van der Waals surface area contributed by atoms with Crippen molar-refractivity contribution in [2.24, 2.45) is 5.92 Å². The molecule has 2 rings (SSSR count). The first-order valence-corrected chi connectivity index (χ1v) is 6.76. The second kappa shape index (κ2) is 6.26. The van der Waals surface area contributed by atoms with Crippen molar-refractivity contribution >= 4 is 5.78 Å². The van der Waals surface area contributed by atoms with Crippen LogP contribution in [0, 0.1) is 11.7 Å². The number of carbonyl (C=O) groups is 1. The van der Waals surface area contributed by atoms with E-state index in [0.29, 0.717) is 18.9 Å². The number of benzene rings is 1. The Labute approximate surface area is 113 Å². The normalized spacial score (nSPS) is 21.5. The van der Waals surface area contributed by atoms with E-state index in [4.69, 9.17) is 0 Å². The zero-order chi connectivity index (χ0) is 13.8. The van der Waals surface area contributed by atoms with Gasteiger partial charge >= 0.3 is 0 Å². The molecule has 1 saturated heterocycles. The van der Waals surface area contributed by atoms with Crippen LogP contribution in [-0.4, -0.2) is 41.5 Å². The maximum Gasteiger partial charge on any atom is 0.167 e. The van der Waals surface area contributed by atoms with Crippen LogP contribution >= 0.6 is 0 Å². The fraction of sp³-hybridized carbons (Fsp3) is 0.533. The van der Waals surface area contributed by atoms with Crippen LogP contribution in [0.15, 0.2) is 24.3 Å². The van der Waals surface area contributed by atoms with Crippen molar-refractivity contribution in [2.75, 3.05) is 19.6 Å². The van der Waals surface area contributed by atoms with Gasteiger partial charge in [0.25, 0.3) is 0 Å². The zero-order valence-electron chi connectivity index (χ0n) is 11.2. The molecule has 1 aliphatic rings. The largest absolute Gasteiger partial charge is 0.393 e. The number of aliphatic hydroxyl groups is 1. The number of hydrogen-bond acceptors (Lipinski definition) is 3. The molecule has 0 amide bonds. The van der Waals surface area contributed by atoms with Crippen molar-refractivity contribution in [1.82, 2.24) is 4.90 Å². The number of ketones is 1. The van der Waals surface area contributed by atoms with Crippen LogP contribution in [0.5, 0.6) is 0 Å². The molecule has 0 spiro atoms. The van der Waals surface area contributed by atoms with Crippen molar-refractivity contribution in [2.45, 2.75) is 25.9 Å². The lowest BCUT2D eigenvalue weighted by Gasteiger charge is -2.16. The van der Waals surface area contributed by atoms with Gasteiger partial charge in [0, 0.05) is 19.5 Å². The molecule has 1 N–H and O–H groups in total. The summed E-state index contributed by atoms with van der Waals surface area (Å²) < 4.78 is 13.4. The topological polar surface area (TPSA) is 40.5 Å². The SMILES string of the molecule is CC(O)C1CCN(CCC(=O)c2ccccc2F)C1. The summed E-state index contributed by atoms with van der Waals surface area (Å²) >= 11 is 0. The summed E-state index contributed by atoms with van der Waals surface area (Å²) in [4.78, 5) is 14.1. The van der Waals surface area contributed by atoms with Gasteiger partial charge in [0.1, 0.15) is 5.82 Å². The second-order valence-corrected chi connectivity index (χ2v) is 5.24. The third kappa shape index (κ3) is 3.61. The molecule has 2 unspecified atom stereocenters. The van der Waals surface area contributed by atoms with Crippen molar-refractivity contribution in [3.05, 3.63) is 35.6 Å². The Morgan fingerprint density at radius 1 is 1.53 bits per heavy atom. The molecule has 0 radical (unpaired) electrons. The highest BCUT2D eigenvalue weighted by Crippen LogP contribution is 2.20. The first-order chi connectivity index (χ1) is 9.08. The van der Waals surface area contributed by atoms with Gasteiger partial charge in [0.15, 0.2) is 5.78 Å². The van der Waals surface area contributed by atoms with E-state index in [1.165, 1.54) is 12.1 Å². The van der Waals surface area contributed by atoms with Gasteiger partial charge < -0.3 is 10.0 Å². The highest BCUT2D eigenvalue weighted by atomic mass is 19.1. The summed E-state index contributed by atoms with van der Waals surface area (Å²) in [6.07, 6.45) is 0.992. The number of nitrogens with zero attached hydrogens (tertiary/aromatic N) is 1. The van der Waals surface area contributed by atoms with Gasteiger partial charge in [-0.1, -0.05) is 12.1 Å². The minimum Gasteiger partial charge on any atom is -0.393 e. The Kier molecular flexibility index (Phi) is 4.66. The second-order valence-electron chi connectivity index (χ2n) is 5.24. The highest BCUT2D eigenvalue weighted by molar-refractivity contribution is 5.96. The van der Waals surface area contributed by atoms with E-state index < -0.39 is 5.82 Å². The molecule has 0 bridgehead atoms. The van der Waals surface area contributed by atoms with Gasteiger partial charge in [0.2, 0.25) is 0 Å². The number of hydrogen-bond donors (Lipinski definition) is 1. The average Bonchev–Trinajstić information content (AvgIpc) is 2.85. The van der Waals surface area contributed by atoms with Crippen LogP contribution in [0.25, 0.3) is 0 Å². The fourth-order valence-corrected chi connectivity index (χ4v) is 2.54. The first kappa shape index (κ1) is 14.2. The Morgan fingerprint density at radius 3 is 2.89 bits per heavy atom. The van der Waals surface area contributed by atoms with Crippen molar-refractivity contribution in [1.29, 1.82) is 0 Å². The molecule has 1 aromatic rings. The predicted molar refractivity (Wildman–Crippen MR) is 71.6 cm³/mol. The Bertz CT molecular complexity index is 448. The van der Waals surface area contributed by atoms with Gasteiger partial charge in [-0.2, -0.15) is 0 Å². The summed E-state index contributed by atoms with van der Waals surface area (Å²) in [5.74, 6) is -0.307. The number of carbonyl (C=O) groups excluding carboxylic acids is 1. The van der Waals surface area contributed by atoms with Crippen LogP contribution < -0.4 is 0 Å². The van der Waals surface area contributed by atoms with E-state index in [-0.39, 0.29) is 17.5 Å². The third-order valence-electron chi connectivity index (χ3n) is 3.82. The van der Waals surface area contributed by atoms with Crippen LogP contribution in [-0.2, 0) is 0 Å². The van der Waals surface area contributed by atoms with E-state index >= 15 is 0 Å². The number of likely N-dealkylation sites (tertiary alicyclic amines) is 1. The van der Waals surface area contributed by atoms with Gasteiger partial charge in [-0.25, -0.2) is 4.39 Å². The summed E-state index contributed by atoms with van der Waals surface area (Å²) in [5, 5.41) is 9.52. The molecule has 1 fully saturated rings. The Hall–Kier alpha value is -1.26. The lowest BCUT2D eigenvalue weighted by molar-refractivity contribution is 0.0959. The Morgan fingerprint density at radius 2 is 2.26 bits per heavy atom. The highest BCUT2D eigenvalue weighted by Gasteiger charge is 2.26. The number of aliphatic hydroxyl groups excluding tert-OH is 1. The standard InChI is InChI=1S/C15H20FNO2/c1-11(18)12-6-8-17(10-12)9-7-15(19)13-4-2-3-5-14(13)16/h2-5,11-12,18H,6-10H2,1H3. The molecule has 3 nitrogen and oxygen atoms in total. The molecule has 104 valence electrons. The fourth-order valence-electron chi connectivity index (χ4n) is 2.54. The van der Waals surface area contributed by atoms with E-state index in [2.05, 4.69) is 4.90 Å². The predicted octanol–water partition coefficient (Wildman–Crippen LogP) is 2.10. The molecule has 0 aliphatic carbocycles. The molecule has 4 heteroatoms. The first-order valence-electron chi connectivity index (χ1n) is 6.76. The number of halogens is 1. The zero-order valence-corrected chi connectivity index (χ0v) is 11.2. The van der Waals surface area contributed by atoms with Crippen molar-refractivity contribution in [3.63, 3.8) is 0 Å². The Balaban J connectivity index is 1.84. The van der Waals surface area contributed by atoms with Gasteiger partial charge in [-0.05, 0) is 37.9 Å². The molecule has 1 heterocycles. The van der Waals surface area contributed by atoms with Crippen molar-refractivity contribution in [3.8, 4) is 0 Å². The maximum absolute atomic E-state index is 13.4. The summed E-state index contributed by atoms with van der Waals surface area (Å²) in [7, 11) is 0. The van der Waals surface area contributed by atoms with Gasteiger partial charge in [0.05, 0.1) is 11.7 Å². The molecule has 0 aromatic heterocycles. The van der Waals surface area contributed by atoms with Gasteiger partial charge in [-0.3, -0.25) is 4.79 Å². The van der Waals surface area contributed by atoms with E-state index in [1.807, 2.05) is 0 Å². The van der Waals surface area contributed by atoms with Gasteiger partial charge in [-0.15, -0.1) is 0 Å². The van der Waals surface area contributed by atoms with E-state index in [1.54, 1.807) is 19.1 Å². The third-order valence-corrected chi connectivity index (χ3v) is 3.82. The van der Waals surface area contributed by atoms with E-state index in [9.17, 15) is 14.3 Å². The molecule has 1 aliphatic heterocycles. The maximum atomic E-state index is 13.4. The summed E-state index contributed by atoms with van der Waals surface area (Å²) in [5.41, 5.74) is 0.175. The molecular formula is C15H20FNO2. The van der Waals surface area contributed by atoms with E-state index in [0.717, 1.165) is 19.5 Å². The van der Waals surface area contributed by atoms with Crippen LogP contribution in [0.2, 0.25) is 0 Å². The molecule has 2 atom stereocenters. The molecular weight excluding hydrogens is 245 g/mol. The molecule has 19 heavy (non-hydrogen) atoms. The van der Waals surface area contributed by atoms with Crippen LogP contribution in [0.4, 0.5) is 4.39 Å². The lowest BCUT2D eigenvalue weighted by atomic mass is 10.0. The van der Waals surface area contributed by atoms with Crippen LogP contribution in [0.1, 0.15) is 30.1 Å². The average molecular weight is 265 g/mol. The summed E-state index contributed by atoms with van der Waals surface area (Å²) in [6.45, 7) is 4.16. The monoisotopic (exact) mass is 265 g/mol. The smallest absolute Gasteiger partial charge is 0.167 e. The summed E-state index contributed by atoms with van der Waals surface area (Å²) in [6, 6.07) is 6.10. The quantitative estimate of drug-likeness (QED) is 0.829.